The van der Waals surface area contributed by atoms with Crippen molar-refractivity contribution in [1.29, 1.82) is 0 Å². The predicted molar refractivity (Wildman–Crippen MR) is 177 cm³/mol. The van der Waals surface area contributed by atoms with E-state index in [2.05, 4.69) is 10.6 Å². The van der Waals surface area contributed by atoms with Crippen LogP contribution in [0.15, 0.2) is 77.7 Å². The summed E-state index contributed by atoms with van der Waals surface area (Å²) in [7, 11) is 1.60. The molecule has 47 heavy (non-hydrogen) atoms. The topological polar surface area (TPSA) is 164 Å². The number of pyridine rings is 1. The van der Waals surface area contributed by atoms with Gasteiger partial charge in [-0.15, -0.1) is 0 Å². The lowest BCUT2D eigenvalue weighted by molar-refractivity contribution is -0.143. The molecule has 2 heterocycles. The first kappa shape index (κ1) is 33.6. The number of carbonyl (C=O) groups excluding carboxylic acids is 3. The first-order chi connectivity index (χ1) is 22.7. The summed E-state index contributed by atoms with van der Waals surface area (Å²) in [6, 6.07) is 18.8. The van der Waals surface area contributed by atoms with Gasteiger partial charge in [-0.2, -0.15) is 0 Å². The van der Waals surface area contributed by atoms with Crippen LogP contribution in [0.2, 0.25) is 0 Å². The molecule has 2 aromatic carbocycles. The monoisotopic (exact) mass is 641 g/mol. The highest BCUT2D eigenvalue weighted by Gasteiger charge is 2.49. The summed E-state index contributed by atoms with van der Waals surface area (Å²) >= 11 is 0. The number of hydrogen-bond donors (Lipinski definition) is 4. The van der Waals surface area contributed by atoms with Crippen molar-refractivity contribution in [1.82, 2.24) is 20.1 Å². The fourth-order valence-electron chi connectivity index (χ4n) is 7.02. The largest absolute Gasteiger partial charge is 0.480 e. The third-order valence-corrected chi connectivity index (χ3v) is 9.62. The van der Waals surface area contributed by atoms with E-state index in [0.717, 1.165) is 11.1 Å². The van der Waals surface area contributed by atoms with Crippen molar-refractivity contribution < 1.29 is 24.3 Å². The smallest absolute Gasteiger partial charge is 0.326 e. The van der Waals surface area contributed by atoms with Crippen molar-refractivity contribution in [2.75, 3.05) is 19.6 Å². The second kappa shape index (κ2) is 14.8. The van der Waals surface area contributed by atoms with Crippen molar-refractivity contribution in [2.45, 2.75) is 68.4 Å². The number of aliphatic carboxylic acids is 1. The van der Waals surface area contributed by atoms with Gasteiger partial charge in [0.15, 0.2) is 0 Å². The number of carboxylic acid groups (broad SMARTS) is 1. The number of carboxylic acids is 1. The third-order valence-electron chi connectivity index (χ3n) is 9.62. The second-order valence-corrected chi connectivity index (χ2v) is 12.5. The molecule has 0 bridgehead atoms. The molecule has 0 saturated carbocycles. The number of rotatable bonds is 11. The van der Waals surface area contributed by atoms with Crippen molar-refractivity contribution in [2.24, 2.45) is 12.8 Å². The molecule has 1 unspecified atom stereocenters. The van der Waals surface area contributed by atoms with E-state index in [1.165, 1.54) is 10.6 Å². The normalized spacial score (nSPS) is 20.1. The fourth-order valence-corrected chi connectivity index (χ4v) is 7.02. The Morgan fingerprint density at radius 2 is 1.66 bits per heavy atom. The molecule has 1 saturated heterocycles. The molecule has 0 spiro atoms. The number of hydrogen-bond acceptors (Lipinski definition) is 6. The first-order valence-electron chi connectivity index (χ1n) is 16.3. The molecule has 11 nitrogen and oxygen atoms in total. The van der Waals surface area contributed by atoms with Crippen LogP contribution in [0.5, 0.6) is 0 Å². The fraction of sp³-hybridized carbons (Fsp3) is 0.417. The van der Waals surface area contributed by atoms with E-state index in [1.807, 2.05) is 59.5 Å². The van der Waals surface area contributed by atoms with Gasteiger partial charge < -0.3 is 30.9 Å². The minimum Gasteiger partial charge on any atom is -0.480 e. The number of fused-ring (bicyclic) bond motifs is 1. The Bertz CT molecular complexity index is 1670. The minimum absolute atomic E-state index is 0.0357. The van der Waals surface area contributed by atoms with E-state index in [9.17, 15) is 29.1 Å². The van der Waals surface area contributed by atoms with Crippen LogP contribution in [0.3, 0.4) is 0 Å². The molecular formula is C36H43N5O6. The van der Waals surface area contributed by atoms with Gasteiger partial charge in [-0.25, -0.2) is 4.79 Å². The number of aromatic nitrogens is 1. The van der Waals surface area contributed by atoms with Crippen LogP contribution in [-0.4, -0.2) is 70.0 Å². The zero-order chi connectivity index (χ0) is 33.6. The highest BCUT2D eigenvalue weighted by molar-refractivity contribution is 5.97. The van der Waals surface area contributed by atoms with Gasteiger partial charge >= 0.3 is 5.97 Å². The Kier molecular flexibility index (Phi) is 10.6. The standard InChI is InChI=1S/C36H43N5O6/c1-40-21-9-13-28(32(40)43)31(42)38-25-17-22-41(23-18-25)33(44)27-16-19-36(24-10-3-2-4-11-24,29-14-6-5-12-26(27)29)35(47)39-30(34(45)46)15-7-8-20-37/h2-6,9-14,21,25,27,30H,7-8,15-20,22-23,37H2,1H3,(H,38,42)(H,39,47)(H,45,46)/t27-,30?,36+/m0/s1. The lowest BCUT2D eigenvalue weighted by atomic mass is 9.62. The van der Waals surface area contributed by atoms with Gasteiger partial charge in [0.2, 0.25) is 11.8 Å². The number of carbonyl (C=O) groups is 4. The highest BCUT2D eigenvalue weighted by atomic mass is 16.4. The predicted octanol–water partition coefficient (Wildman–Crippen LogP) is 2.67. The SMILES string of the molecule is Cn1cccc(C(=O)NC2CCN(C(=O)[C@H]3CC[C@@](C(=O)NC(CCCCN)C(=O)O)(c4ccccc4)c4ccccc43)CC2)c1=O. The molecule has 11 heteroatoms. The first-order valence-corrected chi connectivity index (χ1v) is 16.3. The van der Waals surface area contributed by atoms with Crippen molar-refractivity contribution in [3.05, 3.63) is 106 Å². The molecule has 3 aromatic rings. The quantitative estimate of drug-likeness (QED) is 0.234. The Balaban J connectivity index is 1.35. The van der Waals surface area contributed by atoms with Crippen LogP contribution in [0.4, 0.5) is 0 Å². The molecule has 2 aliphatic rings. The van der Waals surface area contributed by atoms with Crippen LogP contribution in [0, 0.1) is 0 Å². The molecule has 1 fully saturated rings. The number of nitrogens with zero attached hydrogens (tertiary/aromatic N) is 2. The van der Waals surface area contributed by atoms with Crippen LogP contribution in [-0.2, 0) is 26.8 Å². The molecule has 1 aliphatic carbocycles. The summed E-state index contributed by atoms with van der Waals surface area (Å²) in [5, 5.41) is 15.7. The number of unbranched alkanes of at least 4 members (excludes halogenated alkanes) is 1. The lowest BCUT2D eigenvalue weighted by Crippen LogP contribution is -2.54. The van der Waals surface area contributed by atoms with Gasteiger partial charge in [-0.3, -0.25) is 19.2 Å². The summed E-state index contributed by atoms with van der Waals surface area (Å²) in [6.07, 6.45) is 4.93. The number of nitrogens with two attached hydrogens (primary N) is 1. The Labute approximate surface area is 274 Å². The number of piperidine rings is 1. The number of benzene rings is 2. The molecule has 5 N–H and O–H groups in total. The summed E-state index contributed by atoms with van der Waals surface area (Å²) in [5.41, 5.74) is 6.36. The van der Waals surface area contributed by atoms with Crippen molar-refractivity contribution in [3.63, 3.8) is 0 Å². The zero-order valence-electron chi connectivity index (χ0n) is 26.7. The Morgan fingerprint density at radius 1 is 0.957 bits per heavy atom. The van der Waals surface area contributed by atoms with Crippen molar-refractivity contribution >= 4 is 23.7 Å². The van der Waals surface area contributed by atoms with E-state index < -0.39 is 35.2 Å². The number of amides is 3. The van der Waals surface area contributed by atoms with E-state index >= 15 is 0 Å². The van der Waals surface area contributed by atoms with E-state index in [-0.39, 0.29) is 29.5 Å². The number of likely N-dealkylation sites (tertiary alicyclic amines) is 1. The number of aryl methyl sites for hydroxylation is 1. The zero-order valence-corrected chi connectivity index (χ0v) is 26.7. The van der Waals surface area contributed by atoms with Crippen LogP contribution < -0.4 is 21.9 Å². The summed E-state index contributed by atoms with van der Waals surface area (Å²) in [4.78, 5) is 67.6. The maximum atomic E-state index is 14.3. The van der Waals surface area contributed by atoms with Gasteiger partial charge in [-0.05, 0) is 80.3 Å². The molecule has 3 amide bonds. The second-order valence-electron chi connectivity index (χ2n) is 12.5. The number of nitrogens with one attached hydrogen (secondary N) is 2. The average Bonchev–Trinajstić information content (AvgIpc) is 3.08. The molecular weight excluding hydrogens is 598 g/mol. The molecule has 3 atom stereocenters. The van der Waals surface area contributed by atoms with Crippen molar-refractivity contribution in [3.8, 4) is 0 Å². The van der Waals surface area contributed by atoms with Gasteiger partial charge in [-0.1, -0.05) is 54.6 Å². The summed E-state index contributed by atoms with van der Waals surface area (Å²) in [5.74, 6) is -2.42. The molecule has 1 aliphatic heterocycles. The van der Waals surface area contributed by atoms with Gasteiger partial charge in [0.05, 0.1) is 11.3 Å². The Morgan fingerprint density at radius 3 is 2.36 bits per heavy atom. The van der Waals surface area contributed by atoms with Crippen LogP contribution in [0.25, 0.3) is 0 Å². The summed E-state index contributed by atoms with van der Waals surface area (Å²) in [6.45, 7) is 1.34. The lowest BCUT2D eigenvalue weighted by Gasteiger charge is -2.43. The van der Waals surface area contributed by atoms with E-state index in [1.54, 1.807) is 19.3 Å². The van der Waals surface area contributed by atoms with Crippen LogP contribution in [0.1, 0.15) is 77.9 Å². The molecule has 1 aromatic heterocycles. The minimum atomic E-state index is -1.18. The van der Waals surface area contributed by atoms with Gasteiger partial charge in [0.25, 0.3) is 11.5 Å². The molecule has 5 rings (SSSR count). The maximum absolute atomic E-state index is 14.3. The van der Waals surface area contributed by atoms with E-state index in [4.69, 9.17) is 5.73 Å². The van der Waals surface area contributed by atoms with Gasteiger partial charge in [0, 0.05) is 32.4 Å². The van der Waals surface area contributed by atoms with E-state index in [0.29, 0.717) is 63.7 Å². The molecule has 248 valence electrons. The third kappa shape index (κ3) is 7.00. The summed E-state index contributed by atoms with van der Waals surface area (Å²) < 4.78 is 1.36. The maximum Gasteiger partial charge on any atom is 0.326 e. The molecule has 0 radical (unpaired) electrons. The Hall–Kier alpha value is -4.77. The highest BCUT2D eigenvalue weighted by Crippen LogP contribution is 2.48. The average molecular weight is 642 g/mol. The van der Waals surface area contributed by atoms with Gasteiger partial charge in [0.1, 0.15) is 11.6 Å². The van der Waals surface area contributed by atoms with Crippen LogP contribution >= 0.6 is 0 Å².